The predicted octanol–water partition coefficient (Wildman–Crippen LogP) is 3.73. The maximum atomic E-state index is 12.3. The van der Waals surface area contributed by atoms with Gasteiger partial charge in [0.2, 0.25) is 0 Å². The summed E-state index contributed by atoms with van der Waals surface area (Å²) in [5.74, 6) is -0.852. The van der Waals surface area contributed by atoms with Crippen LogP contribution in [-0.4, -0.2) is 24.1 Å². The van der Waals surface area contributed by atoms with Crippen molar-refractivity contribution in [1.82, 2.24) is 5.16 Å². The van der Waals surface area contributed by atoms with Crippen molar-refractivity contribution in [3.05, 3.63) is 35.6 Å². The average Bonchev–Trinajstić information content (AvgIpc) is 2.79. The van der Waals surface area contributed by atoms with Gasteiger partial charge in [-0.05, 0) is 26.0 Å². The molecule has 0 saturated carbocycles. The second kappa shape index (κ2) is 6.08. The molecular formula is C14H12F3NO4. The first-order valence-corrected chi connectivity index (χ1v) is 6.31. The Kier molecular flexibility index (Phi) is 4.39. The minimum Gasteiger partial charge on any atom is -0.462 e. The summed E-state index contributed by atoms with van der Waals surface area (Å²) >= 11 is 0. The van der Waals surface area contributed by atoms with Gasteiger partial charge in [0, 0.05) is 5.56 Å². The lowest BCUT2D eigenvalue weighted by Gasteiger charge is -2.09. The lowest BCUT2D eigenvalue weighted by atomic mass is 10.1. The number of nitrogens with zero attached hydrogens (tertiary/aromatic N) is 1. The predicted molar refractivity (Wildman–Crippen MR) is 69.3 cm³/mol. The second-order valence-electron chi connectivity index (χ2n) is 4.26. The van der Waals surface area contributed by atoms with Gasteiger partial charge >= 0.3 is 12.3 Å². The van der Waals surface area contributed by atoms with Crippen LogP contribution in [0.1, 0.15) is 23.0 Å². The molecule has 0 saturated heterocycles. The lowest BCUT2D eigenvalue weighted by Crippen LogP contribution is -2.17. The van der Waals surface area contributed by atoms with E-state index in [0.29, 0.717) is 0 Å². The summed E-state index contributed by atoms with van der Waals surface area (Å²) in [6.45, 7) is 3.30. The minimum atomic E-state index is -4.80. The van der Waals surface area contributed by atoms with E-state index in [1.54, 1.807) is 6.92 Å². The topological polar surface area (TPSA) is 61.6 Å². The molecule has 0 aliphatic heterocycles. The average molecular weight is 315 g/mol. The Morgan fingerprint density at radius 2 is 2.09 bits per heavy atom. The Morgan fingerprint density at radius 3 is 2.73 bits per heavy atom. The molecule has 22 heavy (non-hydrogen) atoms. The van der Waals surface area contributed by atoms with Gasteiger partial charge in [-0.3, -0.25) is 0 Å². The number of hydrogen-bond donors (Lipinski definition) is 0. The molecule has 118 valence electrons. The molecule has 2 aromatic rings. The number of halogens is 3. The highest BCUT2D eigenvalue weighted by atomic mass is 19.4. The molecule has 0 fully saturated rings. The standard InChI is InChI=1S/C14H12F3NO4/c1-3-20-13(19)11-8(2)22-18-12(11)9-5-4-6-10(7-9)21-14(15,16)17/h4-7H,3H2,1-2H3. The fraction of sp³-hybridized carbons (Fsp3) is 0.286. The van der Waals surface area contributed by atoms with Gasteiger partial charge < -0.3 is 14.0 Å². The smallest absolute Gasteiger partial charge is 0.462 e. The van der Waals surface area contributed by atoms with Gasteiger partial charge in [0.05, 0.1) is 6.61 Å². The Morgan fingerprint density at radius 1 is 1.36 bits per heavy atom. The summed E-state index contributed by atoms with van der Waals surface area (Å²) in [4.78, 5) is 11.9. The van der Waals surface area contributed by atoms with Gasteiger partial charge in [-0.25, -0.2) is 4.79 Å². The molecule has 0 amide bonds. The summed E-state index contributed by atoms with van der Waals surface area (Å²) < 4.78 is 50.4. The summed E-state index contributed by atoms with van der Waals surface area (Å²) in [5, 5.41) is 3.71. The zero-order valence-corrected chi connectivity index (χ0v) is 11.7. The van der Waals surface area contributed by atoms with Crippen LogP contribution in [-0.2, 0) is 4.74 Å². The number of esters is 1. The molecular weight excluding hydrogens is 303 g/mol. The first-order valence-electron chi connectivity index (χ1n) is 6.31. The number of ether oxygens (including phenoxy) is 2. The van der Waals surface area contributed by atoms with Crippen LogP contribution >= 0.6 is 0 Å². The number of carbonyl (C=O) groups excluding carboxylic acids is 1. The van der Waals surface area contributed by atoms with Crippen LogP contribution in [0, 0.1) is 6.92 Å². The summed E-state index contributed by atoms with van der Waals surface area (Å²) in [6.07, 6.45) is -4.80. The molecule has 0 atom stereocenters. The van der Waals surface area contributed by atoms with Gasteiger partial charge in [-0.1, -0.05) is 17.3 Å². The number of alkyl halides is 3. The maximum absolute atomic E-state index is 12.3. The van der Waals surface area contributed by atoms with Gasteiger partial charge in [-0.2, -0.15) is 0 Å². The molecule has 8 heteroatoms. The highest BCUT2D eigenvalue weighted by Gasteiger charge is 2.31. The van der Waals surface area contributed by atoms with Crippen LogP contribution in [0.15, 0.2) is 28.8 Å². The number of aromatic nitrogens is 1. The van der Waals surface area contributed by atoms with Crippen molar-refractivity contribution in [1.29, 1.82) is 0 Å². The second-order valence-corrected chi connectivity index (χ2v) is 4.26. The van der Waals surface area contributed by atoms with Crippen molar-refractivity contribution < 1.29 is 32.0 Å². The zero-order valence-electron chi connectivity index (χ0n) is 11.7. The first kappa shape index (κ1) is 15.9. The van der Waals surface area contributed by atoms with E-state index in [0.717, 1.165) is 12.1 Å². The summed E-state index contributed by atoms with van der Waals surface area (Å²) in [6, 6.07) is 5.11. The normalized spacial score (nSPS) is 11.3. The quantitative estimate of drug-likeness (QED) is 0.805. The Bertz CT molecular complexity index is 679. The van der Waals surface area contributed by atoms with E-state index >= 15 is 0 Å². The number of hydrogen-bond acceptors (Lipinski definition) is 5. The van der Waals surface area contributed by atoms with Crippen LogP contribution in [0.5, 0.6) is 5.75 Å². The van der Waals surface area contributed by atoms with Crippen LogP contribution in [0.3, 0.4) is 0 Å². The molecule has 0 spiro atoms. The third-order valence-corrected chi connectivity index (χ3v) is 2.68. The molecule has 1 heterocycles. The maximum Gasteiger partial charge on any atom is 0.573 e. The van der Waals surface area contributed by atoms with Crippen molar-refractivity contribution in [2.24, 2.45) is 0 Å². The molecule has 0 bridgehead atoms. The van der Waals surface area contributed by atoms with E-state index in [1.165, 1.54) is 19.1 Å². The van der Waals surface area contributed by atoms with Crippen molar-refractivity contribution in [2.45, 2.75) is 20.2 Å². The van der Waals surface area contributed by atoms with Gasteiger partial charge in [-0.15, -0.1) is 13.2 Å². The van der Waals surface area contributed by atoms with E-state index in [2.05, 4.69) is 9.89 Å². The highest BCUT2D eigenvalue weighted by molar-refractivity contribution is 5.97. The van der Waals surface area contributed by atoms with E-state index in [1.807, 2.05) is 0 Å². The molecule has 0 radical (unpaired) electrons. The number of rotatable bonds is 4. The number of carbonyl (C=O) groups is 1. The van der Waals surface area contributed by atoms with Crippen LogP contribution in [0.4, 0.5) is 13.2 Å². The lowest BCUT2D eigenvalue weighted by molar-refractivity contribution is -0.274. The fourth-order valence-corrected chi connectivity index (χ4v) is 1.85. The molecule has 0 aliphatic carbocycles. The van der Waals surface area contributed by atoms with Crippen molar-refractivity contribution in [3.8, 4) is 17.0 Å². The first-order chi connectivity index (χ1) is 10.3. The molecule has 0 N–H and O–H groups in total. The molecule has 2 rings (SSSR count). The summed E-state index contributed by atoms with van der Waals surface area (Å²) in [5.41, 5.74) is 0.427. The van der Waals surface area contributed by atoms with Gasteiger partial charge in [0.25, 0.3) is 0 Å². The monoisotopic (exact) mass is 315 g/mol. The van der Waals surface area contributed by atoms with Crippen LogP contribution in [0.25, 0.3) is 11.3 Å². The molecule has 1 aromatic carbocycles. The van der Waals surface area contributed by atoms with Gasteiger partial charge in [0.15, 0.2) is 0 Å². The molecule has 0 unspecified atom stereocenters. The van der Waals surface area contributed by atoms with E-state index in [-0.39, 0.29) is 29.2 Å². The van der Waals surface area contributed by atoms with Crippen molar-refractivity contribution in [3.63, 3.8) is 0 Å². The number of benzene rings is 1. The van der Waals surface area contributed by atoms with Gasteiger partial charge in [0.1, 0.15) is 22.8 Å². The minimum absolute atomic E-state index is 0.0750. The molecule has 1 aromatic heterocycles. The summed E-state index contributed by atoms with van der Waals surface area (Å²) in [7, 11) is 0. The zero-order chi connectivity index (χ0) is 16.3. The molecule has 0 aliphatic rings. The molecule has 5 nitrogen and oxygen atoms in total. The van der Waals surface area contributed by atoms with E-state index in [9.17, 15) is 18.0 Å². The number of aryl methyl sites for hydroxylation is 1. The Balaban J connectivity index is 2.41. The SMILES string of the molecule is CCOC(=O)c1c(-c2cccc(OC(F)(F)F)c2)noc1C. The van der Waals surface area contributed by atoms with E-state index in [4.69, 9.17) is 9.26 Å². The van der Waals surface area contributed by atoms with E-state index < -0.39 is 18.1 Å². The largest absolute Gasteiger partial charge is 0.573 e. The van der Waals surface area contributed by atoms with Crippen LogP contribution < -0.4 is 4.74 Å². The Hall–Kier alpha value is -2.51. The third-order valence-electron chi connectivity index (χ3n) is 2.68. The van der Waals surface area contributed by atoms with Crippen molar-refractivity contribution >= 4 is 5.97 Å². The fourth-order valence-electron chi connectivity index (χ4n) is 1.85. The highest BCUT2D eigenvalue weighted by Crippen LogP contribution is 2.30. The van der Waals surface area contributed by atoms with Crippen molar-refractivity contribution in [2.75, 3.05) is 6.61 Å². The van der Waals surface area contributed by atoms with Crippen LogP contribution in [0.2, 0.25) is 0 Å². The third kappa shape index (κ3) is 3.57. The Labute approximate surface area is 123 Å².